The second-order valence-corrected chi connectivity index (χ2v) is 3.51. The highest BCUT2D eigenvalue weighted by Gasteiger charge is 2.18. The van der Waals surface area contributed by atoms with Gasteiger partial charge in [0.2, 0.25) is 0 Å². The van der Waals surface area contributed by atoms with Gasteiger partial charge in [-0.2, -0.15) is 0 Å². The first-order chi connectivity index (χ1) is 5.05. The van der Waals surface area contributed by atoms with Gasteiger partial charge in [0.05, 0.1) is 0 Å². The Bertz CT molecular complexity index is 290. The van der Waals surface area contributed by atoms with Gasteiger partial charge in [-0.15, -0.1) is 0 Å². The Morgan fingerprint density at radius 3 is 2.73 bits per heavy atom. The fourth-order valence-corrected chi connectivity index (χ4v) is 1.55. The fourth-order valence-electron chi connectivity index (χ4n) is 0.818. The smallest absolute Gasteiger partial charge is 0.308 e. The molecule has 0 unspecified atom stereocenters. The van der Waals surface area contributed by atoms with Gasteiger partial charge in [-0.3, -0.25) is 0 Å². The van der Waals surface area contributed by atoms with E-state index in [-0.39, 0.29) is 0 Å². The second kappa shape index (κ2) is 2.77. The van der Waals surface area contributed by atoms with Crippen LogP contribution in [0.5, 0.6) is 0 Å². The van der Waals surface area contributed by atoms with Gasteiger partial charge in [-0.1, -0.05) is 6.92 Å². The minimum Gasteiger partial charge on any atom is -0.308 e. The summed E-state index contributed by atoms with van der Waals surface area (Å²) >= 11 is 0. The molecule has 62 valence electrons. The zero-order valence-electron chi connectivity index (χ0n) is 6.01. The van der Waals surface area contributed by atoms with Gasteiger partial charge in [-0.25, -0.2) is 13.9 Å². The summed E-state index contributed by atoms with van der Waals surface area (Å²) < 4.78 is 11.6. The highest BCUT2D eigenvalue weighted by Crippen LogP contribution is 2.37. The Balaban J connectivity index is 3.13. The van der Waals surface area contributed by atoms with Crippen molar-refractivity contribution in [3.8, 4) is 0 Å². The van der Waals surface area contributed by atoms with Gasteiger partial charge in [0.25, 0.3) is 0 Å². The van der Waals surface area contributed by atoms with E-state index in [9.17, 15) is 4.57 Å². The molecule has 0 radical (unpaired) electrons. The van der Waals surface area contributed by atoms with Crippen LogP contribution in [0.15, 0.2) is 12.4 Å². The van der Waals surface area contributed by atoms with E-state index in [0.717, 1.165) is 4.34 Å². The highest BCUT2D eigenvalue weighted by molar-refractivity contribution is 7.50. The van der Waals surface area contributed by atoms with Crippen LogP contribution in [-0.4, -0.2) is 19.1 Å². The molecule has 0 atom stereocenters. The quantitative estimate of drug-likeness (QED) is 0.639. The number of rotatable bonds is 2. The number of hydrogen-bond acceptors (Lipinski definition) is 2. The molecule has 0 spiro atoms. The number of aryl methyl sites for hydroxylation is 1. The molecule has 0 amide bonds. The molecule has 1 heterocycles. The average Bonchev–Trinajstić information content (AvgIpc) is 2.31. The van der Waals surface area contributed by atoms with Crippen LogP contribution >= 0.6 is 7.75 Å². The molecule has 0 fully saturated rings. The largest absolute Gasteiger partial charge is 0.435 e. The van der Waals surface area contributed by atoms with Crippen LogP contribution < -0.4 is 0 Å². The summed E-state index contributed by atoms with van der Waals surface area (Å²) in [6.07, 6.45) is 3.16. The molecular weight excluding hydrogens is 167 g/mol. The van der Waals surface area contributed by atoms with E-state index < -0.39 is 7.75 Å². The molecule has 11 heavy (non-hydrogen) atoms. The predicted octanol–water partition coefficient (Wildman–Crippen LogP) is 0.386. The first kappa shape index (κ1) is 8.46. The molecule has 1 rings (SSSR count). The SMILES string of the molecule is CCc1nccn1P(=O)(O)O. The van der Waals surface area contributed by atoms with Crippen LogP contribution in [0.1, 0.15) is 12.7 Å². The summed E-state index contributed by atoms with van der Waals surface area (Å²) in [6, 6.07) is 0. The maximum atomic E-state index is 10.7. The Morgan fingerprint density at radius 2 is 2.36 bits per heavy atom. The standard InChI is InChI=1S/C5H9N2O3P/c1-2-5-6-3-4-7(5)11(8,9)10/h3-4H,2H2,1H3,(H2,8,9,10). The molecular formula is C5H9N2O3P. The zero-order valence-corrected chi connectivity index (χ0v) is 6.90. The van der Waals surface area contributed by atoms with Gasteiger partial charge in [-0.05, 0) is 0 Å². The predicted molar refractivity (Wildman–Crippen MR) is 39.0 cm³/mol. The lowest BCUT2D eigenvalue weighted by Gasteiger charge is -2.06. The van der Waals surface area contributed by atoms with E-state index in [2.05, 4.69) is 4.98 Å². The number of aromatic nitrogens is 2. The van der Waals surface area contributed by atoms with Crippen molar-refractivity contribution < 1.29 is 14.4 Å². The van der Waals surface area contributed by atoms with Crippen LogP contribution in [-0.2, 0) is 11.0 Å². The third kappa shape index (κ3) is 1.68. The lowest BCUT2D eigenvalue weighted by molar-refractivity contribution is 0.359. The van der Waals surface area contributed by atoms with Crippen molar-refractivity contribution in [3.63, 3.8) is 0 Å². The second-order valence-electron chi connectivity index (χ2n) is 2.05. The Hall–Kier alpha value is -0.640. The van der Waals surface area contributed by atoms with Crippen molar-refractivity contribution in [2.45, 2.75) is 13.3 Å². The lowest BCUT2D eigenvalue weighted by Crippen LogP contribution is -1.99. The van der Waals surface area contributed by atoms with Gasteiger partial charge < -0.3 is 9.79 Å². The Kier molecular flexibility index (Phi) is 2.13. The monoisotopic (exact) mass is 176 g/mol. The summed E-state index contributed by atoms with van der Waals surface area (Å²) in [5.74, 6) is 0.401. The maximum Gasteiger partial charge on any atom is 0.435 e. The molecule has 0 aliphatic rings. The molecule has 1 aromatic rings. The molecule has 5 nitrogen and oxygen atoms in total. The minimum absolute atomic E-state index is 0.401. The maximum absolute atomic E-state index is 10.7. The Labute approximate surface area is 63.9 Å². The topological polar surface area (TPSA) is 75.4 Å². The van der Waals surface area contributed by atoms with E-state index in [0.29, 0.717) is 12.2 Å². The molecule has 0 bridgehead atoms. The molecule has 1 aromatic heterocycles. The first-order valence-corrected chi connectivity index (χ1v) is 4.71. The first-order valence-electron chi connectivity index (χ1n) is 3.14. The highest BCUT2D eigenvalue weighted by atomic mass is 31.2. The summed E-state index contributed by atoms with van der Waals surface area (Å²) in [7, 11) is -4.17. The van der Waals surface area contributed by atoms with Crippen molar-refractivity contribution in [3.05, 3.63) is 18.2 Å². The zero-order chi connectivity index (χ0) is 8.48. The van der Waals surface area contributed by atoms with Gasteiger partial charge in [0, 0.05) is 18.8 Å². The van der Waals surface area contributed by atoms with Crippen molar-refractivity contribution in [2.75, 3.05) is 0 Å². The summed E-state index contributed by atoms with van der Waals surface area (Å²) in [4.78, 5) is 21.2. The number of nitrogens with zero attached hydrogens (tertiary/aromatic N) is 2. The van der Waals surface area contributed by atoms with E-state index in [1.807, 2.05) is 0 Å². The van der Waals surface area contributed by atoms with Crippen LogP contribution in [0.4, 0.5) is 0 Å². The summed E-state index contributed by atoms with van der Waals surface area (Å²) in [5.41, 5.74) is 0. The fraction of sp³-hybridized carbons (Fsp3) is 0.400. The molecule has 6 heteroatoms. The molecule has 0 aromatic carbocycles. The van der Waals surface area contributed by atoms with Crippen LogP contribution in [0.2, 0.25) is 0 Å². The van der Waals surface area contributed by atoms with E-state index in [4.69, 9.17) is 9.79 Å². The van der Waals surface area contributed by atoms with Crippen LogP contribution in [0.3, 0.4) is 0 Å². The van der Waals surface area contributed by atoms with Crippen molar-refractivity contribution in [1.82, 2.24) is 9.32 Å². The molecule has 2 N–H and O–H groups in total. The Morgan fingerprint density at radius 1 is 1.73 bits per heavy atom. The lowest BCUT2D eigenvalue weighted by atomic mass is 10.5. The molecule has 0 aliphatic carbocycles. The van der Waals surface area contributed by atoms with Gasteiger partial charge in [0.15, 0.2) is 0 Å². The minimum atomic E-state index is -4.17. The third-order valence-electron chi connectivity index (χ3n) is 1.29. The van der Waals surface area contributed by atoms with Crippen molar-refractivity contribution in [2.24, 2.45) is 0 Å². The average molecular weight is 176 g/mol. The van der Waals surface area contributed by atoms with Crippen molar-refractivity contribution in [1.29, 1.82) is 0 Å². The third-order valence-corrected chi connectivity index (χ3v) is 2.22. The van der Waals surface area contributed by atoms with E-state index >= 15 is 0 Å². The molecule has 0 saturated heterocycles. The normalized spacial score (nSPS) is 11.9. The summed E-state index contributed by atoms with van der Waals surface area (Å²) in [6.45, 7) is 1.79. The van der Waals surface area contributed by atoms with Crippen LogP contribution in [0.25, 0.3) is 0 Å². The van der Waals surface area contributed by atoms with Crippen molar-refractivity contribution >= 4 is 7.75 Å². The van der Waals surface area contributed by atoms with E-state index in [1.54, 1.807) is 6.92 Å². The number of hydrogen-bond donors (Lipinski definition) is 2. The van der Waals surface area contributed by atoms with E-state index in [1.165, 1.54) is 12.4 Å². The summed E-state index contributed by atoms with van der Waals surface area (Å²) in [5, 5.41) is 0. The van der Waals surface area contributed by atoms with Gasteiger partial charge in [0.1, 0.15) is 5.82 Å². The molecule has 0 saturated carbocycles. The van der Waals surface area contributed by atoms with Gasteiger partial charge >= 0.3 is 7.75 Å². The molecule has 0 aliphatic heterocycles. The number of imidazole rings is 1. The van der Waals surface area contributed by atoms with Crippen LogP contribution in [0, 0.1) is 0 Å².